The minimum absolute atomic E-state index is 0.0271. The number of rotatable bonds is 5. The molecule has 1 rings (SSSR count). The van der Waals surface area contributed by atoms with Gasteiger partial charge in [0.05, 0.1) is 24.3 Å². The molecule has 0 N–H and O–H groups in total. The zero-order chi connectivity index (χ0) is 12.2. The molecule has 0 radical (unpaired) electrons. The van der Waals surface area contributed by atoms with Crippen molar-refractivity contribution in [3.8, 4) is 6.07 Å². The molecule has 0 saturated carbocycles. The first-order valence-corrected chi connectivity index (χ1v) is 7.02. The van der Waals surface area contributed by atoms with Gasteiger partial charge in [-0.1, -0.05) is 0 Å². The van der Waals surface area contributed by atoms with E-state index in [4.69, 9.17) is 10.00 Å². The maximum atomic E-state index is 11.9. The summed E-state index contributed by atoms with van der Waals surface area (Å²) in [5.74, 6) is 0.0271. The van der Waals surface area contributed by atoms with Crippen LogP contribution < -0.4 is 0 Å². The Bertz CT molecular complexity index is 355. The summed E-state index contributed by atoms with van der Waals surface area (Å²) in [6.07, 6.45) is 1.76. The Hall–Kier alpha value is -0.640. The Labute approximate surface area is 97.0 Å². The maximum Gasteiger partial charge on any atom is 0.216 e. The van der Waals surface area contributed by atoms with E-state index in [1.807, 2.05) is 6.07 Å². The summed E-state index contributed by atoms with van der Waals surface area (Å²) in [5, 5.41) is 8.54. The highest BCUT2D eigenvalue weighted by atomic mass is 32.2. The Morgan fingerprint density at radius 3 is 2.81 bits per heavy atom. The molecule has 1 fully saturated rings. The number of hydrogen-bond acceptors (Lipinski definition) is 4. The van der Waals surface area contributed by atoms with Crippen molar-refractivity contribution in [2.75, 3.05) is 19.4 Å². The fraction of sp³-hybridized carbons (Fsp3) is 0.900. The highest BCUT2D eigenvalue weighted by Crippen LogP contribution is 2.17. The highest BCUT2D eigenvalue weighted by molar-refractivity contribution is 7.89. The molecule has 0 amide bonds. The van der Waals surface area contributed by atoms with Crippen molar-refractivity contribution < 1.29 is 13.2 Å². The molecule has 0 aromatic rings. The third-order valence-electron chi connectivity index (χ3n) is 2.87. The molecular formula is C10H18N2O3S. The van der Waals surface area contributed by atoms with Crippen LogP contribution in [0, 0.1) is 11.3 Å². The molecule has 1 saturated heterocycles. The average Bonchev–Trinajstić information content (AvgIpc) is 2.68. The first-order chi connectivity index (χ1) is 7.47. The molecule has 0 bridgehead atoms. The monoisotopic (exact) mass is 246 g/mol. The lowest BCUT2D eigenvalue weighted by Gasteiger charge is -2.23. The van der Waals surface area contributed by atoms with E-state index >= 15 is 0 Å². The number of ether oxygens (including phenoxy) is 1. The van der Waals surface area contributed by atoms with Gasteiger partial charge >= 0.3 is 0 Å². The van der Waals surface area contributed by atoms with Crippen LogP contribution in [0.2, 0.25) is 0 Å². The lowest BCUT2D eigenvalue weighted by molar-refractivity contribution is 0.126. The van der Waals surface area contributed by atoms with Crippen molar-refractivity contribution in [2.24, 2.45) is 0 Å². The third-order valence-corrected chi connectivity index (χ3v) is 4.90. The van der Waals surface area contributed by atoms with Gasteiger partial charge < -0.3 is 4.74 Å². The van der Waals surface area contributed by atoms with Gasteiger partial charge in [0.25, 0.3) is 0 Å². The van der Waals surface area contributed by atoms with E-state index in [-0.39, 0.29) is 24.3 Å². The normalized spacial score (nSPS) is 23.2. The van der Waals surface area contributed by atoms with Crippen LogP contribution in [0.1, 0.15) is 26.2 Å². The molecule has 92 valence electrons. The predicted molar refractivity (Wildman–Crippen MR) is 60.2 cm³/mol. The molecular weight excluding hydrogens is 228 g/mol. The number of hydrogen-bond donors (Lipinski definition) is 0. The molecule has 0 spiro atoms. The smallest absolute Gasteiger partial charge is 0.216 e. The summed E-state index contributed by atoms with van der Waals surface area (Å²) in [5.41, 5.74) is 0. The van der Waals surface area contributed by atoms with E-state index in [9.17, 15) is 8.42 Å². The van der Waals surface area contributed by atoms with Gasteiger partial charge in [0, 0.05) is 19.7 Å². The van der Waals surface area contributed by atoms with E-state index in [1.54, 1.807) is 6.92 Å². The van der Waals surface area contributed by atoms with Gasteiger partial charge in [-0.05, 0) is 19.8 Å². The van der Waals surface area contributed by atoms with Crippen molar-refractivity contribution in [3.63, 3.8) is 0 Å². The summed E-state index contributed by atoms with van der Waals surface area (Å²) >= 11 is 0. The van der Waals surface area contributed by atoms with E-state index in [1.165, 1.54) is 11.4 Å². The summed E-state index contributed by atoms with van der Waals surface area (Å²) in [7, 11) is -1.79. The fourth-order valence-corrected chi connectivity index (χ4v) is 3.25. The molecule has 1 aliphatic rings. The number of nitriles is 1. The lowest BCUT2D eigenvalue weighted by Crippen LogP contribution is -2.39. The van der Waals surface area contributed by atoms with Crippen LogP contribution in [-0.4, -0.2) is 44.3 Å². The van der Waals surface area contributed by atoms with Gasteiger partial charge in [-0.3, -0.25) is 0 Å². The SMILES string of the molecule is CC(CC#N)N(C)S(=O)(=O)CC1CCCO1. The van der Waals surface area contributed by atoms with E-state index in [0.29, 0.717) is 6.61 Å². The van der Waals surface area contributed by atoms with Crippen molar-refractivity contribution in [3.05, 3.63) is 0 Å². The van der Waals surface area contributed by atoms with Crippen LogP contribution >= 0.6 is 0 Å². The van der Waals surface area contributed by atoms with Gasteiger partial charge in [0.1, 0.15) is 0 Å². The summed E-state index contributed by atoms with van der Waals surface area (Å²) < 4.78 is 30.5. The largest absolute Gasteiger partial charge is 0.377 e. The third kappa shape index (κ3) is 3.44. The molecule has 1 aliphatic heterocycles. The molecule has 5 nitrogen and oxygen atoms in total. The van der Waals surface area contributed by atoms with Crippen LogP contribution in [0.4, 0.5) is 0 Å². The molecule has 0 aromatic heterocycles. The molecule has 1 heterocycles. The maximum absolute atomic E-state index is 11.9. The topological polar surface area (TPSA) is 70.4 Å². The van der Waals surface area contributed by atoms with Crippen molar-refractivity contribution in [1.82, 2.24) is 4.31 Å². The van der Waals surface area contributed by atoms with Crippen LogP contribution in [0.5, 0.6) is 0 Å². The van der Waals surface area contributed by atoms with Crippen molar-refractivity contribution in [1.29, 1.82) is 5.26 Å². The Kier molecular flexibility index (Phi) is 4.71. The molecule has 2 unspecified atom stereocenters. The Balaban J connectivity index is 2.58. The van der Waals surface area contributed by atoms with Gasteiger partial charge in [-0.25, -0.2) is 12.7 Å². The summed E-state index contributed by atoms with van der Waals surface area (Å²) in [6, 6.07) is 1.70. The second kappa shape index (κ2) is 5.62. The first-order valence-electron chi connectivity index (χ1n) is 5.41. The first kappa shape index (κ1) is 13.4. The lowest BCUT2D eigenvalue weighted by atomic mass is 10.3. The summed E-state index contributed by atoms with van der Waals surface area (Å²) in [6.45, 7) is 2.38. The van der Waals surface area contributed by atoms with Gasteiger partial charge in [0.2, 0.25) is 10.0 Å². The second-order valence-corrected chi connectivity index (χ2v) is 6.21. The number of nitrogens with zero attached hydrogens (tertiary/aromatic N) is 2. The van der Waals surface area contributed by atoms with Gasteiger partial charge in [-0.15, -0.1) is 0 Å². The predicted octanol–water partition coefficient (Wildman–Crippen LogP) is 0.729. The average molecular weight is 246 g/mol. The molecule has 0 aromatic carbocycles. The molecule has 2 atom stereocenters. The molecule has 16 heavy (non-hydrogen) atoms. The van der Waals surface area contributed by atoms with Gasteiger partial charge in [-0.2, -0.15) is 5.26 Å². The minimum atomic E-state index is -3.31. The van der Waals surface area contributed by atoms with Crippen molar-refractivity contribution in [2.45, 2.75) is 38.3 Å². The Morgan fingerprint density at radius 2 is 2.31 bits per heavy atom. The van der Waals surface area contributed by atoms with Crippen LogP contribution in [0.3, 0.4) is 0 Å². The Morgan fingerprint density at radius 1 is 1.62 bits per heavy atom. The molecule has 0 aliphatic carbocycles. The highest BCUT2D eigenvalue weighted by Gasteiger charge is 2.28. The van der Waals surface area contributed by atoms with E-state index < -0.39 is 10.0 Å². The van der Waals surface area contributed by atoms with E-state index in [0.717, 1.165) is 12.8 Å². The van der Waals surface area contributed by atoms with Crippen LogP contribution in [-0.2, 0) is 14.8 Å². The minimum Gasteiger partial charge on any atom is -0.377 e. The van der Waals surface area contributed by atoms with Crippen molar-refractivity contribution >= 4 is 10.0 Å². The van der Waals surface area contributed by atoms with E-state index in [2.05, 4.69) is 0 Å². The van der Waals surface area contributed by atoms with Crippen LogP contribution in [0.15, 0.2) is 0 Å². The molecule has 6 heteroatoms. The standard InChI is InChI=1S/C10H18N2O3S/c1-9(5-6-11)12(2)16(13,14)8-10-4-3-7-15-10/h9-10H,3-5,7-8H2,1-2H3. The zero-order valence-corrected chi connectivity index (χ0v) is 10.5. The zero-order valence-electron chi connectivity index (χ0n) is 9.72. The quantitative estimate of drug-likeness (QED) is 0.717. The van der Waals surface area contributed by atoms with Gasteiger partial charge in [0.15, 0.2) is 0 Å². The number of sulfonamides is 1. The fourth-order valence-electron chi connectivity index (χ4n) is 1.66. The van der Waals surface area contributed by atoms with Crippen LogP contribution in [0.25, 0.3) is 0 Å². The summed E-state index contributed by atoms with van der Waals surface area (Å²) in [4.78, 5) is 0. The second-order valence-electron chi connectivity index (χ2n) is 4.14.